The molecule has 1 saturated heterocycles. The summed E-state index contributed by atoms with van der Waals surface area (Å²) >= 11 is 0. The first-order chi connectivity index (χ1) is 12.1. The predicted molar refractivity (Wildman–Crippen MR) is 96.0 cm³/mol. The van der Waals surface area contributed by atoms with E-state index in [-0.39, 0.29) is 5.54 Å². The standard InChI is InChI=1S/C20H21N3O2/c1-20(11-6-12-23(20)13-14-7-3-2-4-8-14)19-22-16-10-5-9-15(18(21)24)17(16)25-19/h2-5,7-10H,6,11-13H2,1H3,(H2,21,24). The lowest BCUT2D eigenvalue weighted by molar-refractivity contribution is 0.0999. The highest BCUT2D eigenvalue weighted by Crippen LogP contribution is 2.40. The Morgan fingerprint density at radius 3 is 2.80 bits per heavy atom. The number of hydrogen-bond donors (Lipinski definition) is 1. The Balaban J connectivity index is 1.73. The molecule has 0 aliphatic carbocycles. The van der Waals surface area contributed by atoms with Gasteiger partial charge in [0.05, 0.1) is 11.1 Å². The SMILES string of the molecule is CC1(c2nc3cccc(C(N)=O)c3o2)CCCN1Cc1ccccc1. The molecule has 3 aromatic rings. The highest BCUT2D eigenvalue weighted by Gasteiger charge is 2.42. The number of para-hydroxylation sites is 1. The molecular weight excluding hydrogens is 314 g/mol. The first-order valence-electron chi connectivity index (χ1n) is 8.57. The molecule has 0 spiro atoms. The fraction of sp³-hybridized carbons (Fsp3) is 0.300. The van der Waals surface area contributed by atoms with E-state index in [0.717, 1.165) is 25.9 Å². The number of hydrogen-bond acceptors (Lipinski definition) is 4. The van der Waals surface area contributed by atoms with Crippen LogP contribution in [0.25, 0.3) is 11.1 Å². The first-order valence-corrected chi connectivity index (χ1v) is 8.57. The summed E-state index contributed by atoms with van der Waals surface area (Å²) in [6, 6.07) is 15.7. The van der Waals surface area contributed by atoms with Gasteiger partial charge in [-0.2, -0.15) is 0 Å². The van der Waals surface area contributed by atoms with E-state index in [1.165, 1.54) is 5.56 Å². The maximum atomic E-state index is 11.7. The largest absolute Gasteiger partial charge is 0.438 e. The molecule has 2 heterocycles. The molecule has 0 bridgehead atoms. The number of fused-ring (bicyclic) bond motifs is 1. The Hall–Kier alpha value is -2.66. The zero-order valence-electron chi connectivity index (χ0n) is 14.2. The van der Waals surface area contributed by atoms with E-state index in [9.17, 15) is 4.79 Å². The van der Waals surface area contributed by atoms with E-state index in [0.29, 0.717) is 22.6 Å². The first kappa shape index (κ1) is 15.8. The van der Waals surface area contributed by atoms with Gasteiger partial charge in [-0.05, 0) is 44.0 Å². The van der Waals surface area contributed by atoms with Crippen LogP contribution in [0.15, 0.2) is 52.9 Å². The summed E-state index contributed by atoms with van der Waals surface area (Å²) in [4.78, 5) is 18.7. The number of carbonyl (C=O) groups is 1. The zero-order chi connectivity index (χ0) is 17.4. The van der Waals surface area contributed by atoms with Crippen LogP contribution in [0.1, 0.15) is 41.6 Å². The van der Waals surface area contributed by atoms with Crippen molar-refractivity contribution < 1.29 is 9.21 Å². The Bertz CT molecular complexity index is 919. The zero-order valence-corrected chi connectivity index (χ0v) is 14.2. The lowest BCUT2D eigenvalue weighted by Gasteiger charge is -2.32. The van der Waals surface area contributed by atoms with Gasteiger partial charge >= 0.3 is 0 Å². The van der Waals surface area contributed by atoms with Gasteiger partial charge in [0.15, 0.2) is 5.58 Å². The lowest BCUT2D eigenvalue weighted by Crippen LogP contribution is -2.38. The minimum atomic E-state index is -0.494. The van der Waals surface area contributed by atoms with Crippen molar-refractivity contribution in [1.29, 1.82) is 0 Å². The molecule has 5 nitrogen and oxygen atoms in total. The van der Waals surface area contributed by atoms with Gasteiger partial charge in [0.1, 0.15) is 5.52 Å². The number of nitrogens with two attached hydrogens (primary N) is 1. The highest BCUT2D eigenvalue weighted by atomic mass is 16.4. The Labute approximate surface area is 146 Å². The second kappa shape index (κ2) is 6.01. The van der Waals surface area contributed by atoms with Crippen LogP contribution >= 0.6 is 0 Å². The third-order valence-electron chi connectivity index (χ3n) is 5.15. The number of carbonyl (C=O) groups excluding carboxylic acids is 1. The molecule has 1 atom stereocenters. The van der Waals surface area contributed by atoms with E-state index in [1.807, 2.05) is 12.1 Å². The van der Waals surface area contributed by atoms with Crippen molar-refractivity contribution in [2.75, 3.05) is 6.54 Å². The number of oxazole rings is 1. The molecule has 128 valence electrons. The van der Waals surface area contributed by atoms with Crippen LogP contribution in [0, 0.1) is 0 Å². The van der Waals surface area contributed by atoms with Gasteiger partial charge in [0, 0.05) is 6.54 Å². The fourth-order valence-corrected chi connectivity index (χ4v) is 3.69. The highest BCUT2D eigenvalue weighted by molar-refractivity contribution is 6.03. The van der Waals surface area contributed by atoms with Gasteiger partial charge in [-0.1, -0.05) is 36.4 Å². The summed E-state index contributed by atoms with van der Waals surface area (Å²) in [5.41, 5.74) is 7.99. The second-order valence-electron chi connectivity index (χ2n) is 6.82. The number of amides is 1. The number of benzene rings is 2. The van der Waals surface area contributed by atoms with Gasteiger partial charge in [-0.25, -0.2) is 4.98 Å². The summed E-state index contributed by atoms with van der Waals surface area (Å²) in [5.74, 6) is 0.163. The monoisotopic (exact) mass is 335 g/mol. The minimum absolute atomic E-state index is 0.288. The van der Waals surface area contributed by atoms with Crippen LogP contribution in [0.3, 0.4) is 0 Å². The molecule has 1 aliphatic heterocycles. The van der Waals surface area contributed by atoms with Crippen LogP contribution < -0.4 is 5.73 Å². The van der Waals surface area contributed by atoms with Gasteiger partial charge in [-0.3, -0.25) is 9.69 Å². The molecule has 2 N–H and O–H groups in total. The Morgan fingerprint density at radius 2 is 2.04 bits per heavy atom. The normalized spacial score (nSPS) is 21.0. The molecule has 1 aromatic heterocycles. The van der Waals surface area contributed by atoms with Gasteiger partial charge < -0.3 is 10.2 Å². The Morgan fingerprint density at radius 1 is 1.24 bits per heavy atom. The predicted octanol–water partition coefficient (Wildman–Crippen LogP) is 3.44. The van der Waals surface area contributed by atoms with E-state index in [1.54, 1.807) is 12.1 Å². The summed E-state index contributed by atoms with van der Waals surface area (Å²) in [5, 5.41) is 0. The minimum Gasteiger partial charge on any atom is -0.438 e. The average Bonchev–Trinajstić information content (AvgIpc) is 3.20. The lowest BCUT2D eigenvalue weighted by atomic mass is 9.98. The van der Waals surface area contributed by atoms with E-state index in [2.05, 4.69) is 41.1 Å². The molecule has 0 radical (unpaired) electrons. The molecule has 4 rings (SSSR count). The molecule has 1 aliphatic rings. The van der Waals surface area contributed by atoms with Gasteiger partial charge in [0.2, 0.25) is 5.89 Å². The molecule has 0 saturated carbocycles. The van der Waals surface area contributed by atoms with Gasteiger partial charge in [-0.15, -0.1) is 0 Å². The van der Waals surface area contributed by atoms with E-state index >= 15 is 0 Å². The summed E-state index contributed by atoms with van der Waals surface area (Å²) in [7, 11) is 0. The van der Waals surface area contributed by atoms with Crippen molar-refractivity contribution in [2.24, 2.45) is 5.73 Å². The van der Waals surface area contributed by atoms with Crippen LogP contribution in [-0.2, 0) is 12.1 Å². The smallest absolute Gasteiger partial charge is 0.252 e. The summed E-state index contributed by atoms with van der Waals surface area (Å²) in [6.45, 7) is 4.00. The quantitative estimate of drug-likeness (QED) is 0.793. The van der Waals surface area contributed by atoms with Gasteiger partial charge in [0.25, 0.3) is 5.91 Å². The van der Waals surface area contributed by atoms with Crippen LogP contribution in [-0.4, -0.2) is 22.3 Å². The van der Waals surface area contributed by atoms with Crippen molar-refractivity contribution in [2.45, 2.75) is 31.8 Å². The van der Waals surface area contributed by atoms with Crippen LogP contribution in [0.5, 0.6) is 0 Å². The number of primary amides is 1. The van der Waals surface area contributed by atoms with Crippen LogP contribution in [0.4, 0.5) is 0 Å². The molecule has 1 unspecified atom stereocenters. The second-order valence-corrected chi connectivity index (χ2v) is 6.82. The third kappa shape index (κ3) is 2.70. The molecule has 1 amide bonds. The summed E-state index contributed by atoms with van der Waals surface area (Å²) in [6.07, 6.45) is 2.06. The number of rotatable bonds is 4. The average molecular weight is 335 g/mol. The number of aromatic nitrogens is 1. The van der Waals surface area contributed by atoms with Crippen LogP contribution in [0.2, 0.25) is 0 Å². The van der Waals surface area contributed by atoms with Crippen molar-refractivity contribution in [1.82, 2.24) is 9.88 Å². The van der Waals surface area contributed by atoms with Crippen molar-refractivity contribution >= 4 is 17.0 Å². The topological polar surface area (TPSA) is 72.4 Å². The Kier molecular flexibility index (Phi) is 3.81. The number of nitrogens with zero attached hydrogens (tertiary/aromatic N) is 2. The van der Waals surface area contributed by atoms with E-state index < -0.39 is 5.91 Å². The summed E-state index contributed by atoms with van der Waals surface area (Å²) < 4.78 is 6.06. The number of likely N-dealkylation sites (tertiary alicyclic amines) is 1. The third-order valence-corrected chi connectivity index (χ3v) is 5.15. The maximum absolute atomic E-state index is 11.7. The van der Waals surface area contributed by atoms with Crippen molar-refractivity contribution in [3.8, 4) is 0 Å². The molecular formula is C20H21N3O2. The molecule has 2 aromatic carbocycles. The molecule has 25 heavy (non-hydrogen) atoms. The van der Waals surface area contributed by atoms with Crippen molar-refractivity contribution in [3.05, 3.63) is 65.5 Å². The van der Waals surface area contributed by atoms with E-state index in [4.69, 9.17) is 10.2 Å². The molecule has 1 fully saturated rings. The molecule has 5 heteroatoms. The maximum Gasteiger partial charge on any atom is 0.252 e. The van der Waals surface area contributed by atoms with Crippen molar-refractivity contribution in [3.63, 3.8) is 0 Å². The fourth-order valence-electron chi connectivity index (χ4n) is 3.69.